The molecule has 2 rings (SSSR count). The van der Waals surface area contributed by atoms with Gasteiger partial charge in [0, 0.05) is 37.9 Å². The molecule has 0 bridgehead atoms. The molecule has 0 aliphatic heterocycles. The van der Waals surface area contributed by atoms with Crippen LogP contribution >= 0.6 is 11.6 Å². The molecule has 0 radical (unpaired) electrons. The zero-order chi connectivity index (χ0) is 20.4. The van der Waals surface area contributed by atoms with Crippen molar-refractivity contribution in [1.29, 1.82) is 0 Å². The third kappa shape index (κ3) is 7.15. The normalized spacial score (nSPS) is 11.2. The zero-order valence-corrected chi connectivity index (χ0v) is 16.8. The van der Waals surface area contributed by atoms with Gasteiger partial charge < -0.3 is 16.0 Å². The Morgan fingerprint density at radius 2 is 1.96 bits per heavy atom. The van der Waals surface area contributed by atoms with E-state index >= 15 is 0 Å². The fraction of sp³-hybridized carbons (Fsp3) is 0.350. The van der Waals surface area contributed by atoms with E-state index in [0.29, 0.717) is 41.9 Å². The molecule has 1 amide bonds. The highest BCUT2D eigenvalue weighted by atomic mass is 35.5. The predicted octanol–water partition coefficient (Wildman–Crippen LogP) is 2.71. The number of hydrogen-bond acceptors (Lipinski definition) is 3. The second kappa shape index (κ2) is 11.2. The second-order valence-electron chi connectivity index (χ2n) is 6.15. The minimum absolute atomic E-state index is 0.306. The average molecular weight is 406 g/mol. The number of aryl methyl sites for hydroxylation is 1. The monoisotopic (exact) mass is 405 g/mol. The summed E-state index contributed by atoms with van der Waals surface area (Å²) in [4.78, 5) is 20.6. The summed E-state index contributed by atoms with van der Waals surface area (Å²) in [5, 5.41) is 9.54. The van der Waals surface area contributed by atoms with Crippen LogP contribution in [0.1, 0.15) is 28.4 Å². The summed E-state index contributed by atoms with van der Waals surface area (Å²) >= 11 is 5.78. The van der Waals surface area contributed by atoms with Crippen LogP contribution in [-0.2, 0) is 6.42 Å². The Hall–Kier alpha value is -2.67. The van der Waals surface area contributed by atoms with Crippen LogP contribution in [-0.4, -0.2) is 43.0 Å². The van der Waals surface area contributed by atoms with Crippen molar-refractivity contribution in [1.82, 2.24) is 20.9 Å². The SMILES string of the molecule is CCNC(=NCCc1ccc(Cl)nc1)NCCNC(=O)c1ccc(C)c(F)c1. The first kappa shape index (κ1) is 21.6. The van der Waals surface area contributed by atoms with Gasteiger partial charge in [-0.15, -0.1) is 0 Å². The van der Waals surface area contributed by atoms with Gasteiger partial charge in [-0.1, -0.05) is 23.7 Å². The van der Waals surface area contributed by atoms with Crippen LogP contribution in [0.4, 0.5) is 4.39 Å². The molecule has 1 aromatic carbocycles. The highest BCUT2D eigenvalue weighted by Crippen LogP contribution is 2.09. The number of nitrogens with zero attached hydrogens (tertiary/aromatic N) is 2. The maximum Gasteiger partial charge on any atom is 0.251 e. The number of benzene rings is 1. The van der Waals surface area contributed by atoms with Gasteiger partial charge in [-0.05, 0) is 49.6 Å². The Morgan fingerprint density at radius 1 is 1.18 bits per heavy atom. The fourth-order valence-corrected chi connectivity index (χ4v) is 2.50. The summed E-state index contributed by atoms with van der Waals surface area (Å²) in [5.41, 5.74) is 1.88. The lowest BCUT2D eigenvalue weighted by Crippen LogP contribution is -2.41. The number of halogens is 2. The first-order chi connectivity index (χ1) is 13.5. The molecule has 0 saturated heterocycles. The van der Waals surface area contributed by atoms with Gasteiger partial charge >= 0.3 is 0 Å². The first-order valence-electron chi connectivity index (χ1n) is 9.16. The molecule has 28 heavy (non-hydrogen) atoms. The van der Waals surface area contributed by atoms with Gasteiger partial charge in [0.1, 0.15) is 11.0 Å². The molecule has 0 unspecified atom stereocenters. The summed E-state index contributed by atoms with van der Waals surface area (Å²) in [5.74, 6) is -0.0267. The standard InChI is InChI=1S/C20H25ClFN5O/c1-3-23-20(25-9-8-15-5-7-18(21)27-13-15)26-11-10-24-19(28)16-6-4-14(2)17(22)12-16/h4-7,12-13H,3,8-11H2,1-2H3,(H,24,28)(H2,23,25,26). The van der Waals surface area contributed by atoms with Crippen LogP contribution in [0.25, 0.3) is 0 Å². The van der Waals surface area contributed by atoms with Gasteiger partial charge in [0.05, 0.1) is 0 Å². The molecule has 8 heteroatoms. The molecule has 3 N–H and O–H groups in total. The Kier molecular flexibility index (Phi) is 8.68. The molecule has 0 spiro atoms. The van der Waals surface area contributed by atoms with E-state index in [4.69, 9.17) is 11.6 Å². The molecular formula is C20H25ClFN5O. The molecule has 0 fully saturated rings. The lowest BCUT2D eigenvalue weighted by molar-refractivity contribution is 0.0954. The number of aromatic nitrogens is 1. The van der Waals surface area contributed by atoms with Gasteiger partial charge in [0.25, 0.3) is 5.91 Å². The van der Waals surface area contributed by atoms with E-state index in [0.717, 1.165) is 18.5 Å². The Labute approximate surface area is 169 Å². The molecule has 2 aromatic rings. The molecule has 150 valence electrons. The predicted molar refractivity (Wildman–Crippen MR) is 110 cm³/mol. The zero-order valence-electron chi connectivity index (χ0n) is 16.1. The van der Waals surface area contributed by atoms with Crippen molar-refractivity contribution >= 4 is 23.5 Å². The van der Waals surface area contributed by atoms with E-state index in [-0.39, 0.29) is 11.7 Å². The molecular weight excluding hydrogens is 381 g/mol. The highest BCUT2D eigenvalue weighted by Gasteiger charge is 2.07. The van der Waals surface area contributed by atoms with Crippen LogP contribution in [0.3, 0.4) is 0 Å². The maximum absolute atomic E-state index is 13.6. The highest BCUT2D eigenvalue weighted by molar-refractivity contribution is 6.29. The lowest BCUT2D eigenvalue weighted by atomic mass is 10.1. The summed E-state index contributed by atoms with van der Waals surface area (Å²) < 4.78 is 13.6. The van der Waals surface area contributed by atoms with Crippen molar-refractivity contribution in [3.8, 4) is 0 Å². The Morgan fingerprint density at radius 3 is 2.64 bits per heavy atom. The quantitative estimate of drug-likeness (QED) is 0.273. The van der Waals surface area contributed by atoms with E-state index in [9.17, 15) is 9.18 Å². The van der Waals surface area contributed by atoms with Crippen LogP contribution in [0, 0.1) is 12.7 Å². The summed E-state index contributed by atoms with van der Waals surface area (Å²) in [6.45, 7) is 5.84. The molecule has 0 saturated carbocycles. The topological polar surface area (TPSA) is 78.4 Å². The van der Waals surface area contributed by atoms with Gasteiger partial charge in [-0.25, -0.2) is 9.37 Å². The summed E-state index contributed by atoms with van der Waals surface area (Å²) in [6, 6.07) is 8.13. The van der Waals surface area contributed by atoms with E-state index in [1.807, 2.05) is 13.0 Å². The molecule has 1 aromatic heterocycles. The number of amides is 1. The third-order valence-electron chi connectivity index (χ3n) is 3.94. The number of carbonyl (C=O) groups is 1. The molecule has 6 nitrogen and oxygen atoms in total. The van der Waals surface area contributed by atoms with Crippen molar-refractivity contribution in [2.24, 2.45) is 4.99 Å². The van der Waals surface area contributed by atoms with E-state index < -0.39 is 0 Å². The largest absolute Gasteiger partial charge is 0.357 e. The van der Waals surface area contributed by atoms with Crippen LogP contribution in [0.2, 0.25) is 5.15 Å². The maximum atomic E-state index is 13.6. The number of rotatable bonds is 8. The number of nitrogens with one attached hydrogen (secondary N) is 3. The minimum atomic E-state index is -0.386. The van der Waals surface area contributed by atoms with Crippen molar-refractivity contribution in [3.63, 3.8) is 0 Å². The number of carbonyl (C=O) groups excluding carboxylic acids is 1. The first-order valence-corrected chi connectivity index (χ1v) is 9.54. The number of hydrogen-bond donors (Lipinski definition) is 3. The molecule has 0 aliphatic carbocycles. The second-order valence-corrected chi connectivity index (χ2v) is 6.53. The smallest absolute Gasteiger partial charge is 0.251 e. The van der Waals surface area contributed by atoms with Gasteiger partial charge in [-0.2, -0.15) is 0 Å². The van der Waals surface area contributed by atoms with Gasteiger partial charge in [-0.3, -0.25) is 9.79 Å². The number of guanidine groups is 1. The van der Waals surface area contributed by atoms with Gasteiger partial charge in [0.2, 0.25) is 0 Å². The van der Waals surface area contributed by atoms with Crippen molar-refractivity contribution in [2.45, 2.75) is 20.3 Å². The lowest BCUT2D eigenvalue weighted by Gasteiger charge is -2.12. The van der Waals surface area contributed by atoms with Crippen LogP contribution in [0.15, 0.2) is 41.5 Å². The van der Waals surface area contributed by atoms with E-state index in [1.165, 1.54) is 6.07 Å². The number of pyridine rings is 1. The summed E-state index contributed by atoms with van der Waals surface area (Å²) in [6.07, 6.45) is 2.48. The van der Waals surface area contributed by atoms with Crippen molar-refractivity contribution < 1.29 is 9.18 Å². The molecule has 0 atom stereocenters. The van der Waals surface area contributed by atoms with Crippen LogP contribution < -0.4 is 16.0 Å². The van der Waals surface area contributed by atoms with Gasteiger partial charge in [0.15, 0.2) is 5.96 Å². The number of aliphatic imine (C=N–C) groups is 1. The van der Waals surface area contributed by atoms with Crippen LogP contribution in [0.5, 0.6) is 0 Å². The third-order valence-corrected chi connectivity index (χ3v) is 4.16. The van der Waals surface area contributed by atoms with E-state index in [2.05, 4.69) is 25.9 Å². The van der Waals surface area contributed by atoms with Crippen molar-refractivity contribution in [3.05, 3.63) is 64.2 Å². The fourth-order valence-electron chi connectivity index (χ4n) is 2.39. The molecule has 1 heterocycles. The summed E-state index contributed by atoms with van der Waals surface area (Å²) in [7, 11) is 0. The minimum Gasteiger partial charge on any atom is -0.357 e. The molecule has 0 aliphatic rings. The average Bonchev–Trinajstić information content (AvgIpc) is 2.68. The van der Waals surface area contributed by atoms with Crippen molar-refractivity contribution in [2.75, 3.05) is 26.2 Å². The van der Waals surface area contributed by atoms with E-state index in [1.54, 1.807) is 31.3 Å². The Bertz CT molecular complexity index is 811. The Balaban J connectivity index is 1.76.